The number of carbonyl (C=O) groups excluding carboxylic acids is 2. The molecule has 0 radical (unpaired) electrons. The molecule has 39 heavy (non-hydrogen) atoms. The highest BCUT2D eigenvalue weighted by atomic mass is 16.7. The van der Waals surface area contributed by atoms with Crippen LogP contribution in [0.15, 0.2) is 46.3 Å². The van der Waals surface area contributed by atoms with Crippen LogP contribution in [-0.4, -0.2) is 29.4 Å². The molecule has 6 heteroatoms. The third-order valence-corrected chi connectivity index (χ3v) is 12.1. The lowest BCUT2D eigenvalue weighted by molar-refractivity contribution is -0.174. The fourth-order valence-corrected chi connectivity index (χ4v) is 9.17. The molecule has 0 aromatic rings. The van der Waals surface area contributed by atoms with Gasteiger partial charge in [-0.05, 0) is 105 Å². The summed E-state index contributed by atoms with van der Waals surface area (Å²) < 4.78 is 10.5. The molecule has 0 saturated heterocycles. The average molecular weight is 538 g/mol. The second-order valence-electron chi connectivity index (χ2n) is 14.6. The minimum absolute atomic E-state index is 0.0479. The van der Waals surface area contributed by atoms with Crippen LogP contribution >= 0.6 is 0 Å². The zero-order valence-electron chi connectivity index (χ0n) is 25.1. The van der Waals surface area contributed by atoms with Gasteiger partial charge in [-0.1, -0.05) is 52.3 Å². The van der Waals surface area contributed by atoms with Crippen LogP contribution in [0.3, 0.4) is 0 Å². The van der Waals surface area contributed by atoms with Crippen molar-refractivity contribution in [2.75, 3.05) is 0 Å². The first-order valence-electron chi connectivity index (χ1n) is 14.7. The molecule has 5 aliphatic rings. The van der Waals surface area contributed by atoms with E-state index in [-0.39, 0.29) is 44.7 Å². The molecule has 0 spiro atoms. The van der Waals surface area contributed by atoms with Gasteiger partial charge in [0.15, 0.2) is 5.76 Å². The van der Waals surface area contributed by atoms with Crippen LogP contribution in [0.1, 0.15) is 100 Å². The Hall–Kier alpha value is -2.18. The van der Waals surface area contributed by atoms with Gasteiger partial charge >= 0.3 is 6.16 Å². The quantitative estimate of drug-likeness (QED) is 0.300. The van der Waals surface area contributed by atoms with Crippen molar-refractivity contribution < 1.29 is 24.2 Å². The highest BCUT2D eigenvalue weighted by Crippen LogP contribution is 2.75. The first-order valence-corrected chi connectivity index (χ1v) is 14.7. The highest BCUT2D eigenvalue weighted by molar-refractivity contribution is 6.08. The number of fused-ring (bicyclic) bond motifs is 7. The Morgan fingerprint density at radius 1 is 1.03 bits per heavy atom. The first kappa shape index (κ1) is 28.4. The van der Waals surface area contributed by atoms with Crippen molar-refractivity contribution in [2.45, 2.75) is 113 Å². The monoisotopic (exact) mass is 537 g/mol. The molecule has 0 amide bonds. The summed E-state index contributed by atoms with van der Waals surface area (Å²) in [5.74, 6) is 0.225. The molecule has 3 N–H and O–H groups in total. The third kappa shape index (κ3) is 3.95. The Balaban J connectivity index is 1.56. The van der Waals surface area contributed by atoms with E-state index >= 15 is 0 Å². The van der Waals surface area contributed by atoms with Crippen LogP contribution in [0.25, 0.3) is 0 Å². The number of carbonyl (C=O) groups is 2. The van der Waals surface area contributed by atoms with Crippen molar-refractivity contribution in [1.82, 2.24) is 0 Å². The van der Waals surface area contributed by atoms with Gasteiger partial charge in [0.25, 0.3) is 0 Å². The Kier molecular flexibility index (Phi) is 6.48. The Morgan fingerprint density at radius 2 is 1.69 bits per heavy atom. The van der Waals surface area contributed by atoms with Crippen LogP contribution in [0.4, 0.5) is 4.79 Å². The standard InChI is InChI=1S/C33H47NO5/c1-19(2)38-28(37)39-26-20(3)21-9-10-24-31(6,22(21)17-23(26)35)14-16-33(8)25-18-30(5,27(34)36)12-11-29(25,4)13-15-32(24,33)7/h9-10,17,19,25,27,36H,11-16,18,34H2,1-8H3/t25-,27?,29-,30-,31+,32-,33+/m1/s1. The maximum atomic E-state index is 13.3. The summed E-state index contributed by atoms with van der Waals surface area (Å²) in [6, 6.07) is 0. The van der Waals surface area contributed by atoms with Gasteiger partial charge in [0.1, 0.15) is 6.23 Å². The molecule has 3 saturated carbocycles. The maximum absolute atomic E-state index is 13.3. The first-order chi connectivity index (χ1) is 18.0. The molecule has 214 valence electrons. The van der Waals surface area contributed by atoms with Gasteiger partial charge in [-0.2, -0.15) is 0 Å². The average Bonchev–Trinajstić information content (AvgIpc) is 2.84. The van der Waals surface area contributed by atoms with E-state index in [1.165, 1.54) is 5.57 Å². The van der Waals surface area contributed by atoms with Crippen molar-refractivity contribution in [3.05, 3.63) is 46.3 Å². The third-order valence-electron chi connectivity index (χ3n) is 12.1. The summed E-state index contributed by atoms with van der Waals surface area (Å²) in [5.41, 5.74) is 9.94. The minimum Gasteiger partial charge on any atom is -0.431 e. The Labute approximate surface area is 233 Å². The second-order valence-corrected chi connectivity index (χ2v) is 14.6. The molecule has 0 aromatic carbocycles. The molecule has 0 aliphatic heterocycles. The normalized spacial score (nSPS) is 42.3. The largest absolute Gasteiger partial charge is 0.514 e. The van der Waals surface area contributed by atoms with E-state index in [1.807, 2.05) is 6.92 Å². The van der Waals surface area contributed by atoms with Crippen LogP contribution in [0.5, 0.6) is 0 Å². The van der Waals surface area contributed by atoms with Crippen LogP contribution < -0.4 is 5.73 Å². The van der Waals surface area contributed by atoms with Crippen LogP contribution in [0, 0.1) is 33.0 Å². The van der Waals surface area contributed by atoms with E-state index in [4.69, 9.17) is 15.2 Å². The predicted molar refractivity (Wildman–Crippen MR) is 151 cm³/mol. The van der Waals surface area contributed by atoms with Gasteiger partial charge < -0.3 is 20.3 Å². The summed E-state index contributed by atoms with van der Waals surface area (Å²) in [4.78, 5) is 25.6. The molecular formula is C33H47NO5. The minimum atomic E-state index is -0.850. The van der Waals surface area contributed by atoms with Crippen LogP contribution in [-0.2, 0) is 14.3 Å². The number of hydrogen-bond acceptors (Lipinski definition) is 6. The lowest BCUT2D eigenvalue weighted by atomic mass is 9.34. The molecule has 0 aromatic heterocycles. The fourth-order valence-electron chi connectivity index (χ4n) is 9.17. The molecule has 7 atom stereocenters. The van der Waals surface area contributed by atoms with Crippen molar-refractivity contribution in [3.8, 4) is 0 Å². The van der Waals surface area contributed by atoms with Crippen molar-refractivity contribution in [3.63, 3.8) is 0 Å². The van der Waals surface area contributed by atoms with Crippen molar-refractivity contribution >= 4 is 11.9 Å². The van der Waals surface area contributed by atoms with E-state index in [1.54, 1.807) is 19.9 Å². The van der Waals surface area contributed by atoms with Gasteiger partial charge in [0, 0.05) is 16.4 Å². The van der Waals surface area contributed by atoms with Crippen molar-refractivity contribution in [1.29, 1.82) is 0 Å². The molecular weight excluding hydrogens is 490 g/mol. The number of ether oxygens (including phenoxy) is 2. The summed E-state index contributed by atoms with van der Waals surface area (Å²) >= 11 is 0. The fraction of sp³-hybridized carbons (Fsp3) is 0.697. The van der Waals surface area contributed by atoms with Crippen molar-refractivity contribution in [2.24, 2.45) is 38.7 Å². The molecule has 6 nitrogen and oxygen atoms in total. The molecule has 1 unspecified atom stereocenters. The molecule has 0 heterocycles. The lowest BCUT2D eigenvalue weighted by Gasteiger charge is -2.70. The smallest absolute Gasteiger partial charge is 0.431 e. The summed E-state index contributed by atoms with van der Waals surface area (Å²) in [5, 5.41) is 10.6. The van der Waals surface area contributed by atoms with Crippen LogP contribution in [0.2, 0.25) is 0 Å². The number of rotatable bonds is 3. The summed E-state index contributed by atoms with van der Waals surface area (Å²) in [7, 11) is 0. The topological polar surface area (TPSA) is 98.9 Å². The maximum Gasteiger partial charge on any atom is 0.514 e. The summed E-state index contributed by atoms with van der Waals surface area (Å²) in [6.07, 6.45) is 11.4. The number of hydrogen-bond donors (Lipinski definition) is 2. The SMILES string of the molecule is CC1=C(OC(=O)OC(C)C)C(=O)C=C2C1=CC=C1[C@@]2(C)CC[C@@]2(C)[C@@H]3C[C@](C)(C(N)O)CC[C@]3(C)CC[C@]12C. The van der Waals surface area contributed by atoms with E-state index in [0.29, 0.717) is 11.5 Å². The Morgan fingerprint density at radius 3 is 2.33 bits per heavy atom. The number of aliphatic hydroxyl groups is 1. The lowest BCUT2D eigenvalue weighted by Crippen LogP contribution is -2.62. The van der Waals surface area contributed by atoms with Gasteiger partial charge in [-0.15, -0.1) is 0 Å². The predicted octanol–water partition coefficient (Wildman–Crippen LogP) is 6.89. The number of aliphatic hydroxyl groups excluding tert-OH is 1. The second kappa shape index (κ2) is 8.91. The number of nitrogens with two attached hydrogens (primary N) is 1. The van der Waals surface area contributed by atoms with E-state index in [9.17, 15) is 14.7 Å². The molecule has 3 fully saturated rings. The molecule has 5 rings (SSSR count). The van der Waals surface area contributed by atoms with E-state index in [2.05, 4.69) is 46.8 Å². The van der Waals surface area contributed by atoms with E-state index in [0.717, 1.165) is 56.1 Å². The Bertz CT molecular complexity index is 1240. The van der Waals surface area contributed by atoms with E-state index < -0.39 is 12.4 Å². The van der Waals surface area contributed by atoms with Gasteiger partial charge in [-0.25, -0.2) is 4.79 Å². The molecule has 0 bridgehead atoms. The highest BCUT2D eigenvalue weighted by Gasteiger charge is 2.67. The molecule has 5 aliphatic carbocycles. The summed E-state index contributed by atoms with van der Waals surface area (Å²) in [6.45, 7) is 17.2. The zero-order chi connectivity index (χ0) is 28.8. The van der Waals surface area contributed by atoms with Gasteiger partial charge in [0.05, 0.1) is 6.10 Å². The number of allylic oxidation sites excluding steroid dienone is 7. The number of ketones is 1. The zero-order valence-corrected chi connectivity index (χ0v) is 25.1. The van der Waals surface area contributed by atoms with Gasteiger partial charge in [-0.3, -0.25) is 4.79 Å². The van der Waals surface area contributed by atoms with Gasteiger partial charge in [0.2, 0.25) is 5.78 Å².